The van der Waals surface area contributed by atoms with E-state index in [4.69, 9.17) is 0 Å². The monoisotopic (exact) mass is 419 g/mol. The number of piperidine rings is 1. The van der Waals surface area contributed by atoms with Crippen LogP contribution in [0.4, 0.5) is 4.39 Å². The minimum atomic E-state index is -3.62. The van der Waals surface area contributed by atoms with Crippen molar-refractivity contribution in [3.05, 3.63) is 65.5 Å². The third kappa shape index (κ3) is 4.80. The first-order chi connectivity index (χ1) is 13.8. The Bertz CT molecular complexity index is 991. The van der Waals surface area contributed by atoms with Crippen molar-refractivity contribution in [2.75, 3.05) is 6.54 Å². The smallest absolute Gasteiger partial charge is 0.267 e. The number of benzene rings is 2. The molecule has 0 saturated carbocycles. The highest BCUT2D eigenvalue weighted by Crippen LogP contribution is 2.25. The number of carbonyl (C=O) groups excluding carboxylic acids is 2. The molecule has 3 rings (SSSR count). The van der Waals surface area contributed by atoms with Gasteiger partial charge >= 0.3 is 0 Å². The molecule has 2 aromatic carbocycles. The van der Waals surface area contributed by atoms with E-state index < -0.39 is 27.7 Å². The zero-order chi connectivity index (χ0) is 21.0. The molecule has 29 heavy (non-hydrogen) atoms. The molecule has 1 fully saturated rings. The van der Waals surface area contributed by atoms with Crippen molar-refractivity contribution in [3.8, 4) is 0 Å². The molecule has 0 spiro atoms. The molecule has 1 heterocycles. The number of nitrogens with one attached hydrogen (secondary N) is 2. The highest BCUT2D eigenvalue weighted by Gasteiger charge is 2.30. The maximum absolute atomic E-state index is 12.9. The maximum atomic E-state index is 12.9. The molecule has 1 saturated heterocycles. The van der Waals surface area contributed by atoms with Crippen molar-refractivity contribution < 1.29 is 22.4 Å². The summed E-state index contributed by atoms with van der Waals surface area (Å²) in [7, 11) is -3.62. The largest absolute Gasteiger partial charge is 0.269 e. The fourth-order valence-electron chi connectivity index (χ4n) is 3.20. The minimum absolute atomic E-state index is 0.0570. The molecular weight excluding hydrogens is 397 g/mol. The summed E-state index contributed by atoms with van der Waals surface area (Å²) in [5, 5.41) is 0. The van der Waals surface area contributed by atoms with Crippen LogP contribution >= 0.6 is 0 Å². The number of halogens is 1. The van der Waals surface area contributed by atoms with Crippen LogP contribution < -0.4 is 10.9 Å². The summed E-state index contributed by atoms with van der Waals surface area (Å²) in [6, 6.07) is 10.3. The lowest BCUT2D eigenvalue weighted by molar-refractivity contribution is 0.0846. The van der Waals surface area contributed by atoms with Crippen LogP contribution in [0, 0.1) is 5.82 Å². The van der Waals surface area contributed by atoms with Gasteiger partial charge in [-0.05, 0) is 68.3 Å². The van der Waals surface area contributed by atoms with Gasteiger partial charge in [0.05, 0.1) is 4.90 Å². The summed E-state index contributed by atoms with van der Waals surface area (Å²) in [6.07, 6.45) is 2.67. The molecule has 154 valence electrons. The van der Waals surface area contributed by atoms with Crippen molar-refractivity contribution in [3.63, 3.8) is 0 Å². The molecule has 9 heteroatoms. The number of hydrogen-bond acceptors (Lipinski definition) is 4. The van der Waals surface area contributed by atoms with Gasteiger partial charge in [0.25, 0.3) is 11.8 Å². The van der Waals surface area contributed by atoms with E-state index in [1.165, 1.54) is 40.7 Å². The highest BCUT2D eigenvalue weighted by molar-refractivity contribution is 7.89. The molecular formula is C20H22FN3O4S. The van der Waals surface area contributed by atoms with E-state index in [-0.39, 0.29) is 22.1 Å². The number of rotatable bonds is 4. The van der Waals surface area contributed by atoms with Crippen LogP contribution in [0.1, 0.15) is 46.9 Å². The number of hydrazine groups is 1. The first kappa shape index (κ1) is 20.9. The SMILES string of the molecule is C[C@H]1CCCCN1S(=O)(=O)c1ccc(C(=O)NNC(=O)c2ccc(F)cc2)cc1. The molecule has 0 radical (unpaired) electrons. The second-order valence-electron chi connectivity index (χ2n) is 6.90. The van der Waals surface area contributed by atoms with Gasteiger partial charge in [0.1, 0.15) is 5.82 Å². The lowest BCUT2D eigenvalue weighted by atomic mass is 10.1. The van der Waals surface area contributed by atoms with Gasteiger partial charge in [0.15, 0.2) is 0 Å². The summed E-state index contributed by atoms with van der Waals surface area (Å²) in [4.78, 5) is 24.3. The summed E-state index contributed by atoms with van der Waals surface area (Å²) < 4.78 is 40.0. The van der Waals surface area contributed by atoms with Crippen LogP contribution in [-0.4, -0.2) is 37.1 Å². The Labute approximate surface area is 168 Å². The first-order valence-electron chi connectivity index (χ1n) is 9.27. The summed E-state index contributed by atoms with van der Waals surface area (Å²) in [5.74, 6) is -1.67. The molecule has 2 amide bonds. The van der Waals surface area contributed by atoms with Crippen LogP contribution in [0.2, 0.25) is 0 Å². The van der Waals surface area contributed by atoms with Crippen LogP contribution in [0.15, 0.2) is 53.4 Å². The molecule has 0 aliphatic carbocycles. The normalized spacial score (nSPS) is 17.5. The van der Waals surface area contributed by atoms with Crippen LogP contribution in [0.25, 0.3) is 0 Å². The maximum Gasteiger partial charge on any atom is 0.269 e. The number of nitrogens with zero attached hydrogens (tertiary/aromatic N) is 1. The molecule has 0 unspecified atom stereocenters. The Balaban J connectivity index is 1.64. The topological polar surface area (TPSA) is 95.6 Å². The van der Waals surface area contributed by atoms with Crippen molar-refractivity contribution in [2.24, 2.45) is 0 Å². The van der Waals surface area contributed by atoms with E-state index in [2.05, 4.69) is 10.9 Å². The van der Waals surface area contributed by atoms with Gasteiger partial charge < -0.3 is 0 Å². The molecule has 2 N–H and O–H groups in total. The molecule has 1 aliphatic heterocycles. The highest BCUT2D eigenvalue weighted by atomic mass is 32.2. The second-order valence-corrected chi connectivity index (χ2v) is 8.79. The molecule has 0 aromatic heterocycles. The molecule has 7 nitrogen and oxygen atoms in total. The predicted molar refractivity (Wildman–Crippen MR) is 105 cm³/mol. The van der Waals surface area contributed by atoms with Crippen molar-refractivity contribution in [1.29, 1.82) is 0 Å². The Hall–Kier alpha value is -2.78. The molecule has 0 bridgehead atoms. The standard InChI is InChI=1S/C20H22FN3O4S/c1-14-4-2-3-13-24(14)29(27,28)18-11-7-16(8-12-18)20(26)23-22-19(25)15-5-9-17(21)10-6-15/h5-12,14H,2-4,13H2,1H3,(H,22,25)(H,23,26)/t14-/m0/s1. The van der Waals surface area contributed by atoms with E-state index in [1.807, 2.05) is 6.92 Å². The van der Waals surface area contributed by atoms with Crippen LogP contribution in [-0.2, 0) is 10.0 Å². The van der Waals surface area contributed by atoms with Crippen molar-refractivity contribution in [1.82, 2.24) is 15.2 Å². The van der Waals surface area contributed by atoms with E-state index in [9.17, 15) is 22.4 Å². The average molecular weight is 419 g/mol. The average Bonchev–Trinajstić information content (AvgIpc) is 2.72. The van der Waals surface area contributed by atoms with Gasteiger partial charge in [-0.2, -0.15) is 4.31 Å². The number of carbonyl (C=O) groups is 2. The first-order valence-corrected chi connectivity index (χ1v) is 10.7. The van der Waals surface area contributed by atoms with E-state index in [0.29, 0.717) is 6.54 Å². The number of sulfonamides is 1. The van der Waals surface area contributed by atoms with E-state index in [0.717, 1.165) is 31.4 Å². The fourth-order valence-corrected chi connectivity index (χ4v) is 4.90. The zero-order valence-electron chi connectivity index (χ0n) is 15.9. The summed E-state index contributed by atoms with van der Waals surface area (Å²) in [5.41, 5.74) is 4.85. The van der Waals surface area contributed by atoms with Crippen molar-refractivity contribution >= 4 is 21.8 Å². The van der Waals surface area contributed by atoms with Gasteiger partial charge in [0.2, 0.25) is 10.0 Å². The summed E-state index contributed by atoms with van der Waals surface area (Å²) >= 11 is 0. The van der Waals surface area contributed by atoms with Crippen molar-refractivity contribution in [2.45, 2.75) is 37.1 Å². The number of hydrogen-bond donors (Lipinski definition) is 2. The quantitative estimate of drug-likeness (QED) is 0.745. The summed E-state index contributed by atoms with van der Waals surface area (Å²) in [6.45, 7) is 2.38. The lowest BCUT2D eigenvalue weighted by Gasteiger charge is -2.32. The Morgan fingerprint density at radius 2 is 1.45 bits per heavy atom. The Morgan fingerprint density at radius 1 is 0.931 bits per heavy atom. The minimum Gasteiger partial charge on any atom is -0.267 e. The third-order valence-corrected chi connectivity index (χ3v) is 6.89. The molecule has 1 aliphatic rings. The fraction of sp³-hybridized carbons (Fsp3) is 0.300. The van der Waals surface area contributed by atoms with Gasteiger partial charge in [-0.3, -0.25) is 20.4 Å². The Morgan fingerprint density at radius 3 is 1.97 bits per heavy atom. The lowest BCUT2D eigenvalue weighted by Crippen LogP contribution is -2.42. The van der Waals surface area contributed by atoms with Gasteiger partial charge in [-0.25, -0.2) is 12.8 Å². The molecule has 1 atom stereocenters. The van der Waals surface area contributed by atoms with Crippen LogP contribution in [0.3, 0.4) is 0 Å². The van der Waals surface area contributed by atoms with Gasteiger partial charge in [-0.15, -0.1) is 0 Å². The van der Waals surface area contributed by atoms with Gasteiger partial charge in [0, 0.05) is 23.7 Å². The van der Waals surface area contributed by atoms with E-state index >= 15 is 0 Å². The van der Waals surface area contributed by atoms with Crippen LogP contribution in [0.5, 0.6) is 0 Å². The third-order valence-electron chi connectivity index (χ3n) is 4.86. The second kappa shape index (κ2) is 8.71. The van der Waals surface area contributed by atoms with E-state index in [1.54, 1.807) is 0 Å². The number of amides is 2. The molecule has 2 aromatic rings. The predicted octanol–water partition coefficient (Wildman–Crippen LogP) is 2.46. The zero-order valence-corrected chi connectivity index (χ0v) is 16.7. The van der Waals surface area contributed by atoms with Gasteiger partial charge in [-0.1, -0.05) is 6.42 Å². The Kier molecular flexibility index (Phi) is 6.29.